The molecule has 4 atom stereocenters. The lowest BCUT2D eigenvalue weighted by Gasteiger charge is -2.33. The molecule has 47 heavy (non-hydrogen) atoms. The zero-order chi connectivity index (χ0) is 34.4. The number of nitrogens with one attached hydrogen (secondary N) is 1. The van der Waals surface area contributed by atoms with Crippen LogP contribution >= 0.6 is 0 Å². The molecule has 0 aliphatic carbocycles. The number of likely N-dealkylation sites (tertiary alicyclic amines) is 1. The van der Waals surface area contributed by atoms with Crippen molar-refractivity contribution in [2.24, 2.45) is 0 Å². The predicted octanol–water partition coefficient (Wildman–Crippen LogP) is 4.78. The number of carboxylic acid groups (broad SMARTS) is 2. The summed E-state index contributed by atoms with van der Waals surface area (Å²) in [5, 5.41) is 22.0. The van der Waals surface area contributed by atoms with E-state index in [4.69, 9.17) is 9.84 Å². The maximum absolute atomic E-state index is 14.4. The Kier molecular flexibility index (Phi) is 11.2. The number of carbonyl (C=O) groups is 4. The van der Waals surface area contributed by atoms with Crippen molar-refractivity contribution in [3.63, 3.8) is 0 Å². The van der Waals surface area contributed by atoms with Gasteiger partial charge in [-0.1, -0.05) is 56.9 Å². The van der Waals surface area contributed by atoms with Gasteiger partial charge in [0.25, 0.3) is 16.0 Å². The normalized spacial score (nSPS) is 20.0. The van der Waals surface area contributed by atoms with E-state index in [1.54, 1.807) is 31.2 Å². The van der Waals surface area contributed by atoms with Crippen LogP contribution in [0.15, 0.2) is 66.0 Å². The Hall–Kier alpha value is -4.60. The zero-order valence-corrected chi connectivity index (χ0v) is 26.9. The van der Waals surface area contributed by atoms with Gasteiger partial charge in [-0.2, -0.15) is 17.7 Å². The minimum atomic E-state index is -4.69. The number of imidazole rings is 1. The number of ether oxygens (including phenoxy) is 1. The Morgan fingerprint density at radius 2 is 1.77 bits per heavy atom. The Morgan fingerprint density at radius 1 is 1.06 bits per heavy atom. The van der Waals surface area contributed by atoms with Gasteiger partial charge in [0.1, 0.15) is 29.3 Å². The molecule has 3 aromatic rings. The fourth-order valence-corrected chi connectivity index (χ4v) is 6.70. The summed E-state index contributed by atoms with van der Waals surface area (Å²) in [5.41, 5.74) is 0.278. The molecular formula is C32H39N4O10S+. The van der Waals surface area contributed by atoms with Gasteiger partial charge in [-0.3, -0.25) is 14.1 Å². The van der Waals surface area contributed by atoms with Crippen molar-refractivity contribution in [1.29, 1.82) is 0 Å². The molecule has 0 radical (unpaired) electrons. The number of nitrogens with zero attached hydrogens (tertiary/aromatic N) is 3. The highest BCUT2D eigenvalue weighted by Crippen LogP contribution is 2.35. The van der Waals surface area contributed by atoms with Gasteiger partial charge in [-0.15, -0.1) is 0 Å². The van der Waals surface area contributed by atoms with Crippen LogP contribution in [-0.4, -0.2) is 79.8 Å². The van der Waals surface area contributed by atoms with E-state index in [0.717, 1.165) is 25.3 Å². The number of quaternary nitrogens is 1. The summed E-state index contributed by atoms with van der Waals surface area (Å²) in [5.74, 6) is -1.97. The first-order chi connectivity index (χ1) is 22.3. The highest BCUT2D eigenvalue weighted by atomic mass is 32.2. The predicted molar refractivity (Wildman–Crippen MR) is 169 cm³/mol. The standard InChI is InChI=1S/C32H38N4O10S/c1-3-4-5-6-10-26(35-18-28(33-20-35)34-30(39)25-9-7-8-11-27(25)47(43,44)45)31(40)36(32(41)42)19-24(16-21(36)2)46-23-14-12-22(13-15-23)17-29(37)38/h7-9,11-15,18,20-21,24,26H,3-6,10,16-17,19H2,1-2H3,(H3-,34,37,38,39,41,42,43,44,45)/p+1/t21-,24-,26?,36-/m1/s1. The number of anilines is 1. The maximum atomic E-state index is 14.4. The molecule has 2 heterocycles. The number of imide groups is 1. The summed E-state index contributed by atoms with van der Waals surface area (Å²) in [7, 11) is -4.69. The van der Waals surface area contributed by atoms with E-state index < -0.39 is 61.6 Å². The lowest BCUT2D eigenvalue weighted by Crippen LogP contribution is -2.61. The SMILES string of the molecule is CCCCCCC(C(=O)[N@@+]1(C(=O)O)C[C@H](Oc2ccc(CC(=O)O)cc2)C[C@H]1C)n1cnc(NC(=O)c2ccccc2S(=O)(=O)O)c1. The highest BCUT2D eigenvalue weighted by Gasteiger charge is 2.59. The second-order valence-corrected chi connectivity index (χ2v) is 13.1. The molecule has 252 valence electrons. The van der Waals surface area contributed by atoms with Crippen molar-refractivity contribution >= 4 is 39.8 Å². The molecule has 1 aromatic heterocycles. The van der Waals surface area contributed by atoms with Crippen LogP contribution in [0.2, 0.25) is 0 Å². The van der Waals surface area contributed by atoms with Crippen molar-refractivity contribution in [3.05, 3.63) is 72.2 Å². The highest BCUT2D eigenvalue weighted by molar-refractivity contribution is 7.86. The van der Waals surface area contributed by atoms with Gasteiger partial charge in [-0.25, -0.2) is 9.78 Å². The summed E-state index contributed by atoms with van der Waals surface area (Å²) in [6, 6.07) is 9.98. The monoisotopic (exact) mass is 671 g/mol. The van der Waals surface area contributed by atoms with Crippen LogP contribution in [-0.2, 0) is 26.1 Å². The first kappa shape index (κ1) is 35.3. The fraction of sp³-hybridized carbons (Fsp3) is 0.406. The number of aromatic nitrogens is 2. The second-order valence-electron chi connectivity index (χ2n) is 11.7. The average Bonchev–Trinajstić information content (AvgIpc) is 3.61. The van der Waals surface area contributed by atoms with Gasteiger partial charge in [0.15, 0.2) is 11.9 Å². The summed E-state index contributed by atoms with van der Waals surface area (Å²) in [6.07, 6.45) is 4.53. The van der Waals surface area contributed by atoms with Gasteiger partial charge >= 0.3 is 18.0 Å². The molecule has 1 saturated heterocycles. The summed E-state index contributed by atoms with van der Waals surface area (Å²) >= 11 is 0. The quantitative estimate of drug-likeness (QED) is 0.104. The van der Waals surface area contributed by atoms with Crippen molar-refractivity contribution in [3.8, 4) is 5.75 Å². The molecule has 0 saturated carbocycles. The largest absolute Gasteiger partial charge is 0.521 e. The molecule has 1 fully saturated rings. The van der Waals surface area contributed by atoms with Crippen LogP contribution < -0.4 is 10.1 Å². The van der Waals surface area contributed by atoms with Crippen LogP contribution in [0.25, 0.3) is 0 Å². The van der Waals surface area contributed by atoms with Crippen molar-refractivity contribution < 1.29 is 51.6 Å². The van der Waals surface area contributed by atoms with E-state index in [-0.39, 0.29) is 30.8 Å². The third-order valence-electron chi connectivity index (χ3n) is 8.39. The first-order valence-corrected chi connectivity index (χ1v) is 16.7. The molecule has 2 aromatic carbocycles. The molecule has 1 aliphatic heterocycles. The van der Waals surface area contributed by atoms with Gasteiger partial charge < -0.3 is 24.8 Å². The van der Waals surface area contributed by atoms with Crippen LogP contribution in [0, 0.1) is 0 Å². The minimum absolute atomic E-state index is 0.00426. The number of unbranched alkanes of at least 4 members (excludes halogenated alkanes) is 3. The number of amides is 3. The number of carboxylic acids is 1. The van der Waals surface area contributed by atoms with Gasteiger partial charge in [0.05, 0.1) is 18.3 Å². The van der Waals surface area contributed by atoms with Gasteiger partial charge in [0, 0.05) is 12.6 Å². The topological polar surface area (TPSA) is 202 Å². The number of carbonyl (C=O) groups excluding carboxylic acids is 2. The fourth-order valence-electron chi connectivity index (χ4n) is 6.01. The van der Waals surface area contributed by atoms with Crippen molar-refractivity contribution in [1.82, 2.24) is 9.55 Å². The zero-order valence-electron chi connectivity index (χ0n) is 26.1. The van der Waals surface area contributed by atoms with E-state index in [2.05, 4.69) is 10.3 Å². The number of benzene rings is 2. The molecule has 0 bridgehead atoms. The third-order valence-corrected chi connectivity index (χ3v) is 9.30. The maximum Gasteiger partial charge on any atom is 0.521 e. The van der Waals surface area contributed by atoms with E-state index in [1.807, 2.05) is 6.92 Å². The molecule has 1 unspecified atom stereocenters. The van der Waals surface area contributed by atoms with Crippen LogP contribution in [0.5, 0.6) is 5.75 Å². The average molecular weight is 672 g/mol. The van der Waals surface area contributed by atoms with E-state index >= 15 is 0 Å². The number of hydrogen-bond donors (Lipinski definition) is 4. The Balaban J connectivity index is 1.58. The van der Waals surface area contributed by atoms with E-state index in [0.29, 0.717) is 24.2 Å². The van der Waals surface area contributed by atoms with Gasteiger partial charge in [0.2, 0.25) is 0 Å². The van der Waals surface area contributed by atoms with Crippen LogP contribution in [0.3, 0.4) is 0 Å². The Bertz CT molecular complexity index is 1720. The molecule has 4 rings (SSSR count). The summed E-state index contributed by atoms with van der Waals surface area (Å²) in [6.45, 7) is 3.60. The Labute approximate surface area is 272 Å². The number of hydrogen-bond acceptors (Lipinski definition) is 8. The summed E-state index contributed by atoms with van der Waals surface area (Å²) in [4.78, 5) is 54.9. The summed E-state index contributed by atoms with van der Waals surface area (Å²) < 4.78 is 39.7. The Morgan fingerprint density at radius 3 is 2.40 bits per heavy atom. The molecule has 15 heteroatoms. The number of rotatable bonds is 14. The van der Waals surface area contributed by atoms with Crippen molar-refractivity contribution in [2.75, 3.05) is 11.9 Å². The van der Waals surface area contributed by atoms with Crippen LogP contribution in [0.4, 0.5) is 10.6 Å². The van der Waals surface area contributed by atoms with Gasteiger partial charge in [-0.05, 0) is 43.2 Å². The minimum Gasteiger partial charge on any atom is -0.484 e. The smallest absolute Gasteiger partial charge is 0.484 e. The van der Waals surface area contributed by atoms with Crippen molar-refractivity contribution in [2.45, 2.75) is 81.9 Å². The molecule has 3 amide bonds. The van der Waals surface area contributed by atoms with E-state index in [9.17, 15) is 37.3 Å². The molecule has 1 aliphatic rings. The second kappa shape index (κ2) is 14.9. The third kappa shape index (κ3) is 8.22. The lowest BCUT2D eigenvalue weighted by atomic mass is 10.0. The number of aliphatic carboxylic acids is 1. The first-order valence-electron chi connectivity index (χ1n) is 15.3. The lowest BCUT2D eigenvalue weighted by molar-refractivity contribution is -0.795. The van der Waals surface area contributed by atoms with Crippen LogP contribution in [0.1, 0.15) is 74.3 Å². The van der Waals surface area contributed by atoms with E-state index in [1.165, 1.54) is 35.3 Å². The molecule has 0 spiro atoms. The molecule has 4 N–H and O–H groups in total. The molecular weight excluding hydrogens is 632 g/mol. The molecule has 14 nitrogen and oxygen atoms in total.